The number of benzene rings is 2. The molecule has 1 atom stereocenters. The fourth-order valence-electron chi connectivity index (χ4n) is 3.15. The van der Waals surface area contributed by atoms with Crippen molar-refractivity contribution in [1.82, 2.24) is 5.32 Å². The first-order chi connectivity index (χ1) is 14.0. The highest BCUT2D eigenvalue weighted by atomic mass is 35.5. The summed E-state index contributed by atoms with van der Waals surface area (Å²) in [5.74, 6) is 0.674. The number of rotatable bonds is 3. The van der Waals surface area contributed by atoms with Gasteiger partial charge < -0.3 is 14.6 Å². The Labute approximate surface area is 178 Å². The van der Waals surface area contributed by atoms with Gasteiger partial charge in [-0.05, 0) is 55.5 Å². The molecule has 144 valence electrons. The number of nitrogens with zero attached hydrogens (tertiary/aromatic N) is 2. The molecule has 7 heteroatoms. The fourth-order valence-corrected chi connectivity index (χ4v) is 3.66. The average Bonchev–Trinajstić information content (AvgIpc) is 3.19. The van der Waals surface area contributed by atoms with Crippen LogP contribution in [0, 0.1) is 18.3 Å². The molecule has 0 bridgehead atoms. The van der Waals surface area contributed by atoms with E-state index in [0.29, 0.717) is 16.5 Å². The molecule has 1 aliphatic rings. The number of carbonyl (C=O) groups is 1. The third-order valence-corrected chi connectivity index (χ3v) is 5.34. The molecule has 2 heterocycles. The topological polar surface area (TPSA) is 69.3 Å². The molecular formula is C22H16ClN3O2S. The van der Waals surface area contributed by atoms with E-state index >= 15 is 0 Å². The summed E-state index contributed by atoms with van der Waals surface area (Å²) in [5, 5.41) is 13.1. The van der Waals surface area contributed by atoms with Gasteiger partial charge in [-0.15, -0.1) is 12.6 Å². The molecule has 0 radical (unpaired) electrons. The molecule has 0 saturated heterocycles. The van der Waals surface area contributed by atoms with E-state index in [1.54, 1.807) is 23.1 Å². The minimum absolute atomic E-state index is 0.0466. The number of nitriles is 1. The van der Waals surface area contributed by atoms with Gasteiger partial charge in [-0.1, -0.05) is 29.3 Å². The lowest BCUT2D eigenvalue weighted by Crippen LogP contribution is -2.45. The number of hydrogen-bond acceptors (Lipinski definition) is 5. The van der Waals surface area contributed by atoms with Crippen LogP contribution in [0.5, 0.6) is 0 Å². The number of carbonyl (C=O) groups excluding carboxylic acids is 1. The second-order valence-corrected chi connectivity index (χ2v) is 7.46. The van der Waals surface area contributed by atoms with Crippen molar-refractivity contribution in [2.24, 2.45) is 0 Å². The molecule has 29 heavy (non-hydrogen) atoms. The second-order valence-electron chi connectivity index (χ2n) is 6.60. The smallest absolute Gasteiger partial charge is 0.266 e. The first kappa shape index (κ1) is 19.2. The summed E-state index contributed by atoms with van der Waals surface area (Å²) in [6.07, 6.45) is -0.643. The van der Waals surface area contributed by atoms with Crippen LogP contribution in [-0.2, 0) is 4.79 Å². The molecule has 3 aromatic rings. The Morgan fingerprint density at radius 2 is 1.79 bits per heavy atom. The molecule has 1 amide bonds. The summed E-state index contributed by atoms with van der Waals surface area (Å²) >= 11 is 10.5. The first-order valence-electron chi connectivity index (χ1n) is 8.83. The Hall–Kier alpha value is -3.14. The van der Waals surface area contributed by atoms with Gasteiger partial charge >= 0.3 is 0 Å². The molecule has 2 aromatic carbocycles. The van der Waals surface area contributed by atoms with E-state index in [2.05, 4.69) is 17.9 Å². The van der Waals surface area contributed by atoms with Crippen molar-refractivity contribution in [2.45, 2.75) is 13.1 Å². The Kier molecular flexibility index (Phi) is 5.10. The first-order valence-corrected chi connectivity index (χ1v) is 9.66. The quantitative estimate of drug-likeness (QED) is 0.569. The van der Waals surface area contributed by atoms with E-state index in [1.165, 1.54) is 0 Å². The van der Waals surface area contributed by atoms with Crippen LogP contribution in [0.25, 0.3) is 11.3 Å². The molecule has 0 aliphatic carbocycles. The minimum atomic E-state index is -0.643. The van der Waals surface area contributed by atoms with Gasteiger partial charge in [-0.2, -0.15) is 5.26 Å². The maximum Gasteiger partial charge on any atom is 0.266 e. The normalized spacial score (nSPS) is 16.6. The van der Waals surface area contributed by atoms with Crippen LogP contribution in [0.1, 0.15) is 17.5 Å². The van der Waals surface area contributed by atoms with Crippen LogP contribution in [0.3, 0.4) is 0 Å². The van der Waals surface area contributed by atoms with Crippen LogP contribution in [0.2, 0.25) is 5.02 Å². The van der Waals surface area contributed by atoms with Crippen molar-refractivity contribution >= 4 is 35.8 Å². The monoisotopic (exact) mass is 421 g/mol. The molecule has 0 saturated carbocycles. The minimum Gasteiger partial charge on any atom is -0.457 e. The molecule has 1 unspecified atom stereocenters. The summed E-state index contributed by atoms with van der Waals surface area (Å²) in [4.78, 5) is 14.2. The number of aryl methyl sites for hydroxylation is 1. The van der Waals surface area contributed by atoms with Crippen molar-refractivity contribution in [2.75, 3.05) is 4.90 Å². The zero-order chi connectivity index (χ0) is 20.5. The molecule has 4 rings (SSSR count). The lowest BCUT2D eigenvalue weighted by Gasteiger charge is -2.36. The Bertz CT molecular complexity index is 1140. The van der Waals surface area contributed by atoms with Gasteiger partial charge in [0, 0.05) is 16.3 Å². The number of thiol groups is 1. The van der Waals surface area contributed by atoms with Crippen LogP contribution in [0.15, 0.2) is 75.7 Å². The lowest BCUT2D eigenvalue weighted by atomic mass is 10.1. The molecule has 0 spiro atoms. The summed E-state index contributed by atoms with van der Waals surface area (Å²) in [6.45, 7) is 1.99. The van der Waals surface area contributed by atoms with Crippen molar-refractivity contribution in [3.63, 3.8) is 0 Å². The van der Waals surface area contributed by atoms with Crippen LogP contribution >= 0.6 is 24.2 Å². The van der Waals surface area contributed by atoms with Crippen LogP contribution < -0.4 is 10.2 Å². The van der Waals surface area contributed by atoms with E-state index in [9.17, 15) is 10.1 Å². The van der Waals surface area contributed by atoms with Crippen molar-refractivity contribution in [1.29, 1.82) is 5.26 Å². The maximum atomic E-state index is 12.4. The zero-order valence-electron chi connectivity index (χ0n) is 15.4. The van der Waals surface area contributed by atoms with Gasteiger partial charge in [0.1, 0.15) is 23.2 Å². The van der Waals surface area contributed by atoms with Gasteiger partial charge in [0.2, 0.25) is 0 Å². The number of anilines is 1. The largest absolute Gasteiger partial charge is 0.457 e. The predicted octanol–water partition coefficient (Wildman–Crippen LogP) is 5.21. The third kappa shape index (κ3) is 3.63. The third-order valence-electron chi connectivity index (χ3n) is 4.65. The summed E-state index contributed by atoms with van der Waals surface area (Å²) in [6, 6.07) is 20.6. The van der Waals surface area contributed by atoms with Gasteiger partial charge in [0.15, 0.2) is 6.17 Å². The van der Waals surface area contributed by atoms with Crippen LogP contribution in [-0.4, -0.2) is 5.91 Å². The van der Waals surface area contributed by atoms with Gasteiger partial charge in [0.05, 0.1) is 5.03 Å². The number of nitrogens with one attached hydrogen (secondary N) is 1. The van der Waals surface area contributed by atoms with Gasteiger partial charge in [-0.3, -0.25) is 4.79 Å². The van der Waals surface area contributed by atoms with Crippen molar-refractivity contribution in [3.8, 4) is 17.4 Å². The average molecular weight is 422 g/mol. The van der Waals surface area contributed by atoms with Crippen molar-refractivity contribution in [3.05, 3.63) is 87.6 Å². The SMILES string of the molecule is Cc1ccc(N2C(S)=C(C#N)C(=O)NC2c2ccc(-c3ccc(Cl)cc3)o2)cc1. The lowest BCUT2D eigenvalue weighted by molar-refractivity contribution is -0.118. The van der Waals surface area contributed by atoms with E-state index in [4.69, 9.17) is 16.0 Å². The molecule has 1 N–H and O–H groups in total. The van der Waals surface area contributed by atoms with E-state index < -0.39 is 12.1 Å². The Morgan fingerprint density at radius 3 is 2.45 bits per heavy atom. The molecule has 5 nitrogen and oxygen atoms in total. The van der Waals surface area contributed by atoms with E-state index in [0.717, 1.165) is 16.8 Å². The van der Waals surface area contributed by atoms with Gasteiger partial charge in [0.25, 0.3) is 5.91 Å². The van der Waals surface area contributed by atoms with E-state index in [1.807, 2.05) is 55.5 Å². The Morgan fingerprint density at radius 1 is 1.10 bits per heavy atom. The highest BCUT2D eigenvalue weighted by molar-refractivity contribution is 7.84. The maximum absolute atomic E-state index is 12.4. The molecule has 0 fully saturated rings. The number of hydrogen-bond donors (Lipinski definition) is 2. The highest BCUT2D eigenvalue weighted by Crippen LogP contribution is 2.37. The Balaban J connectivity index is 1.78. The summed E-state index contributed by atoms with van der Waals surface area (Å²) < 4.78 is 6.05. The summed E-state index contributed by atoms with van der Waals surface area (Å²) in [7, 11) is 0. The summed E-state index contributed by atoms with van der Waals surface area (Å²) in [5.41, 5.74) is 2.70. The molecular weight excluding hydrogens is 406 g/mol. The van der Waals surface area contributed by atoms with Crippen LogP contribution in [0.4, 0.5) is 5.69 Å². The standard InChI is InChI=1S/C22H16ClN3O2S/c1-13-2-8-16(9-3-13)26-20(25-21(27)17(12-24)22(26)29)19-11-10-18(28-19)14-4-6-15(23)7-5-14/h2-11,20,29H,1H3,(H,25,27). The van der Waals surface area contributed by atoms with Gasteiger partial charge in [-0.25, -0.2) is 0 Å². The van der Waals surface area contributed by atoms with E-state index in [-0.39, 0.29) is 10.6 Å². The molecule has 1 aliphatic heterocycles. The zero-order valence-corrected chi connectivity index (χ0v) is 17.0. The van der Waals surface area contributed by atoms with Crippen molar-refractivity contribution < 1.29 is 9.21 Å². The number of furan rings is 1. The highest BCUT2D eigenvalue weighted by Gasteiger charge is 2.35. The fraction of sp³-hybridized carbons (Fsp3) is 0.0909. The molecule has 1 aromatic heterocycles. The second kappa shape index (κ2) is 7.70. The number of amides is 1. The predicted molar refractivity (Wildman–Crippen MR) is 115 cm³/mol. The number of halogens is 1.